The number of carbonyl (C=O) groups is 1. The zero-order chi connectivity index (χ0) is 23.4. The van der Waals surface area contributed by atoms with E-state index in [4.69, 9.17) is 37.4 Å². The van der Waals surface area contributed by atoms with E-state index in [-0.39, 0.29) is 11.7 Å². The summed E-state index contributed by atoms with van der Waals surface area (Å²) in [5, 5.41) is 10.1. The third-order valence-corrected chi connectivity index (χ3v) is 5.99. The minimum Gasteiger partial charge on any atom is -0.493 e. The van der Waals surface area contributed by atoms with E-state index in [0.29, 0.717) is 46.9 Å². The molecule has 1 atom stereocenters. The predicted molar refractivity (Wildman–Crippen MR) is 126 cm³/mol. The van der Waals surface area contributed by atoms with Crippen LogP contribution < -0.4 is 14.4 Å². The van der Waals surface area contributed by atoms with E-state index < -0.39 is 5.97 Å². The number of rotatable bonds is 8. The van der Waals surface area contributed by atoms with Crippen molar-refractivity contribution in [2.24, 2.45) is 0 Å². The Morgan fingerprint density at radius 3 is 2.42 bits per heavy atom. The van der Waals surface area contributed by atoms with E-state index in [9.17, 15) is 9.90 Å². The summed E-state index contributed by atoms with van der Waals surface area (Å²) >= 11 is 12.8. The minimum atomic E-state index is -0.993. The highest BCUT2D eigenvalue weighted by molar-refractivity contribution is 6.35. The van der Waals surface area contributed by atoms with Crippen LogP contribution in [0.25, 0.3) is 0 Å². The average molecular weight is 489 g/mol. The summed E-state index contributed by atoms with van der Waals surface area (Å²) < 4.78 is 17.1. The molecule has 0 amide bonds. The summed E-state index contributed by atoms with van der Waals surface area (Å²) in [6, 6.07) is 12.2. The fraction of sp³-hybridized carbons (Fsp3) is 0.250. The molecule has 2 heterocycles. The SMILES string of the molecule is COc1ccc(N(Cc2c(Cl)cncc2Cl)c2ccc(C(=O)O)cc2)cc1O[C@@H]1CCOC1. The monoisotopic (exact) mass is 488 g/mol. The Morgan fingerprint density at radius 1 is 1.12 bits per heavy atom. The lowest BCUT2D eigenvalue weighted by atomic mass is 10.1. The van der Waals surface area contributed by atoms with E-state index in [1.54, 1.807) is 31.4 Å². The van der Waals surface area contributed by atoms with Gasteiger partial charge in [-0.3, -0.25) is 4.98 Å². The summed E-state index contributed by atoms with van der Waals surface area (Å²) in [5.74, 6) is 0.198. The first-order chi connectivity index (χ1) is 16.0. The van der Waals surface area contributed by atoms with Gasteiger partial charge in [-0.25, -0.2) is 4.79 Å². The van der Waals surface area contributed by atoms with Gasteiger partial charge in [0.05, 0.1) is 42.5 Å². The van der Waals surface area contributed by atoms with Crippen molar-refractivity contribution in [3.63, 3.8) is 0 Å². The quantitative estimate of drug-likeness (QED) is 0.441. The van der Waals surface area contributed by atoms with Gasteiger partial charge in [-0.15, -0.1) is 0 Å². The van der Waals surface area contributed by atoms with Gasteiger partial charge < -0.3 is 24.2 Å². The number of hydrogen-bond acceptors (Lipinski definition) is 6. The molecule has 4 rings (SSSR count). The van der Waals surface area contributed by atoms with Crippen LogP contribution in [0.15, 0.2) is 54.9 Å². The summed E-state index contributed by atoms with van der Waals surface area (Å²) in [5.41, 5.74) is 2.43. The number of ether oxygens (including phenoxy) is 3. The molecule has 0 unspecified atom stereocenters. The zero-order valence-electron chi connectivity index (χ0n) is 17.8. The third-order valence-electron chi connectivity index (χ3n) is 5.33. The highest BCUT2D eigenvalue weighted by Gasteiger charge is 2.21. The van der Waals surface area contributed by atoms with Crippen LogP contribution in [-0.4, -0.2) is 42.5 Å². The van der Waals surface area contributed by atoms with Crippen LogP contribution in [0.3, 0.4) is 0 Å². The molecule has 0 aliphatic carbocycles. The van der Waals surface area contributed by atoms with Crippen molar-refractivity contribution in [3.05, 3.63) is 76.0 Å². The van der Waals surface area contributed by atoms with Gasteiger partial charge in [0.1, 0.15) is 6.10 Å². The minimum absolute atomic E-state index is 0.0541. The molecule has 1 saturated heterocycles. The Hall–Kier alpha value is -3.00. The normalized spacial score (nSPS) is 15.3. The third kappa shape index (κ3) is 5.33. The van der Waals surface area contributed by atoms with Crippen LogP contribution in [0.1, 0.15) is 22.3 Å². The molecule has 1 aliphatic rings. The Labute approximate surface area is 201 Å². The van der Waals surface area contributed by atoms with Crippen LogP contribution >= 0.6 is 23.2 Å². The average Bonchev–Trinajstić information content (AvgIpc) is 3.32. The van der Waals surface area contributed by atoms with Gasteiger partial charge in [-0.1, -0.05) is 23.2 Å². The first kappa shape index (κ1) is 23.2. The number of halogens is 2. The largest absolute Gasteiger partial charge is 0.493 e. The number of anilines is 2. The molecule has 1 aliphatic heterocycles. The number of nitrogens with zero attached hydrogens (tertiary/aromatic N) is 2. The number of carboxylic acid groups (broad SMARTS) is 1. The molecule has 1 aromatic heterocycles. The number of aromatic carboxylic acids is 1. The van der Waals surface area contributed by atoms with E-state index in [0.717, 1.165) is 17.8 Å². The maximum atomic E-state index is 11.3. The Morgan fingerprint density at radius 2 is 1.82 bits per heavy atom. The molecule has 0 saturated carbocycles. The number of benzene rings is 2. The molecule has 7 nitrogen and oxygen atoms in total. The van der Waals surface area contributed by atoms with E-state index in [1.165, 1.54) is 12.4 Å². The first-order valence-corrected chi connectivity index (χ1v) is 11.0. The number of hydrogen-bond donors (Lipinski definition) is 1. The van der Waals surface area contributed by atoms with Crippen LogP contribution in [0.5, 0.6) is 11.5 Å². The lowest BCUT2D eigenvalue weighted by Gasteiger charge is -2.27. The molecule has 9 heteroatoms. The number of aromatic nitrogens is 1. The van der Waals surface area contributed by atoms with Crippen molar-refractivity contribution < 1.29 is 24.1 Å². The molecular weight excluding hydrogens is 467 g/mol. The highest BCUT2D eigenvalue weighted by Crippen LogP contribution is 2.38. The molecule has 3 aromatic rings. The highest BCUT2D eigenvalue weighted by atomic mass is 35.5. The second-order valence-electron chi connectivity index (χ2n) is 7.46. The van der Waals surface area contributed by atoms with Gasteiger partial charge in [-0.05, 0) is 36.4 Å². The first-order valence-electron chi connectivity index (χ1n) is 10.3. The van der Waals surface area contributed by atoms with Crippen LogP contribution in [0, 0.1) is 0 Å². The zero-order valence-corrected chi connectivity index (χ0v) is 19.3. The Kier molecular flexibility index (Phi) is 7.23. The van der Waals surface area contributed by atoms with Crippen LogP contribution in [0.2, 0.25) is 10.0 Å². The smallest absolute Gasteiger partial charge is 0.335 e. The molecule has 0 radical (unpaired) electrons. The van der Waals surface area contributed by atoms with Gasteiger partial charge in [0.2, 0.25) is 0 Å². The van der Waals surface area contributed by atoms with Crippen molar-refractivity contribution in [2.75, 3.05) is 25.2 Å². The molecule has 0 bridgehead atoms. The molecule has 2 aromatic carbocycles. The summed E-state index contributed by atoms with van der Waals surface area (Å²) in [7, 11) is 1.59. The molecule has 33 heavy (non-hydrogen) atoms. The fourth-order valence-corrected chi connectivity index (χ4v) is 4.06. The Bertz CT molecular complexity index is 1110. The number of carboxylic acids is 1. The van der Waals surface area contributed by atoms with Gasteiger partial charge in [-0.2, -0.15) is 0 Å². The maximum Gasteiger partial charge on any atom is 0.335 e. The van der Waals surface area contributed by atoms with Gasteiger partial charge in [0.15, 0.2) is 11.5 Å². The van der Waals surface area contributed by atoms with E-state index >= 15 is 0 Å². The van der Waals surface area contributed by atoms with Crippen molar-refractivity contribution in [3.8, 4) is 11.5 Å². The number of methoxy groups -OCH3 is 1. The van der Waals surface area contributed by atoms with Crippen LogP contribution in [0.4, 0.5) is 11.4 Å². The van der Waals surface area contributed by atoms with Crippen LogP contribution in [-0.2, 0) is 11.3 Å². The predicted octanol–water partition coefficient (Wildman–Crippen LogP) is 5.60. The fourth-order valence-electron chi connectivity index (χ4n) is 3.57. The summed E-state index contributed by atoms with van der Waals surface area (Å²) in [6.07, 6.45) is 3.83. The van der Waals surface area contributed by atoms with Crippen molar-refractivity contribution >= 4 is 40.5 Å². The van der Waals surface area contributed by atoms with Crippen molar-refractivity contribution in [1.82, 2.24) is 4.98 Å². The molecule has 172 valence electrons. The van der Waals surface area contributed by atoms with Gasteiger partial charge in [0, 0.05) is 41.8 Å². The Balaban J connectivity index is 1.75. The second kappa shape index (κ2) is 10.3. The molecule has 0 spiro atoms. The second-order valence-corrected chi connectivity index (χ2v) is 8.27. The van der Waals surface area contributed by atoms with E-state index in [1.807, 2.05) is 23.1 Å². The van der Waals surface area contributed by atoms with Gasteiger partial charge in [0.25, 0.3) is 0 Å². The summed E-state index contributed by atoms with van der Waals surface area (Å²) in [6.45, 7) is 1.51. The topological polar surface area (TPSA) is 81.1 Å². The molecular formula is C24H22Cl2N2O5. The lowest BCUT2D eigenvalue weighted by molar-refractivity contribution is 0.0697. The maximum absolute atomic E-state index is 11.3. The molecule has 1 fully saturated rings. The van der Waals surface area contributed by atoms with Crippen molar-refractivity contribution in [2.45, 2.75) is 19.1 Å². The lowest BCUT2D eigenvalue weighted by Crippen LogP contribution is -2.19. The summed E-state index contributed by atoms with van der Waals surface area (Å²) in [4.78, 5) is 17.3. The van der Waals surface area contributed by atoms with E-state index in [2.05, 4.69) is 4.98 Å². The standard InChI is InChI=1S/C24H22Cl2N2O5/c1-31-22-7-6-17(10-23(22)33-18-8-9-32-14-18)28(13-19-20(25)11-27-12-21(19)26)16-4-2-15(3-5-16)24(29)30/h2-7,10-12,18H,8-9,13-14H2,1H3,(H,29,30)/t18-/m1/s1. The number of pyridine rings is 1. The molecule has 1 N–H and O–H groups in total. The van der Waals surface area contributed by atoms with Crippen molar-refractivity contribution in [1.29, 1.82) is 0 Å². The van der Waals surface area contributed by atoms with Gasteiger partial charge >= 0.3 is 5.97 Å².